The fraction of sp³-hybridized carbons (Fsp3) is 0.158. The molecule has 8 nitrogen and oxygen atoms in total. The number of benzene rings is 1. The molecule has 0 spiro atoms. The van der Waals surface area contributed by atoms with Gasteiger partial charge in [0.15, 0.2) is 5.13 Å². The summed E-state index contributed by atoms with van der Waals surface area (Å²) >= 11 is 1.37. The molecule has 4 aromatic rings. The highest BCUT2D eigenvalue weighted by Gasteiger charge is 2.16. The van der Waals surface area contributed by atoms with Crippen LogP contribution >= 0.6 is 11.3 Å². The lowest BCUT2D eigenvalue weighted by molar-refractivity contribution is 0.101. The lowest BCUT2D eigenvalue weighted by Gasteiger charge is -1.99. The Labute approximate surface area is 164 Å². The average Bonchev–Trinajstić information content (AvgIpc) is 3.29. The molecule has 0 unspecified atom stereocenters. The molecule has 4 rings (SSSR count). The Kier molecular flexibility index (Phi) is 4.55. The van der Waals surface area contributed by atoms with Crippen molar-refractivity contribution >= 4 is 28.2 Å². The topological polar surface area (TPSA) is 109 Å². The van der Waals surface area contributed by atoms with Crippen LogP contribution in [0.2, 0.25) is 0 Å². The van der Waals surface area contributed by atoms with Gasteiger partial charge < -0.3 is 0 Å². The first-order chi connectivity index (χ1) is 13.5. The monoisotopic (exact) mass is 389 g/mol. The molecule has 1 N–H and O–H groups in total. The third kappa shape index (κ3) is 3.58. The van der Waals surface area contributed by atoms with E-state index in [1.165, 1.54) is 15.9 Å². The van der Waals surface area contributed by atoms with Crippen LogP contribution in [-0.2, 0) is 6.42 Å². The Morgan fingerprint density at radius 1 is 1.29 bits per heavy atom. The van der Waals surface area contributed by atoms with E-state index in [1.807, 2.05) is 38.1 Å². The number of hydrogen-bond acceptors (Lipinski definition) is 7. The molecule has 138 valence electrons. The standard InChI is InChI=1S/C19H15N7OS/c1-11-6-12(2)26-18(22-11)23-16(25-26)17(27)24-19-21-10-15(28-19)8-13-4-3-5-14(7-13)9-20/h3-7,10H,8H2,1-2H3,(H,21,24,27). The number of carbonyl (C=O) groups is 1. The Balaban J connectivity index is 1.50. The molecule has 1 amide bonds. The lowest BCUT2D eigenvalue weighted by Crippen LogP contribution is -2.13. The summed E-state index contributed by atoms with van der Waals surface area (Å²) in [5.41, 5.74) is 3.30. The minimum atomic E-state index is -0.435. The van der Waals surface area contributed by atoms with Crippen LogP contribution in [0.3, 0.4) is 0 Å². The van der Waals surface area contributed by atoms with Gasteiger partial charge in [0.05, 0.1) is 11.6 Å². The third-order valence-corrected chi connectivity index (χ3v) is 4.94. The SMILES string of the molecule is Cc1cc(C)n2nc(C(=O)Nc3ncc(Cc4cccc(C#N)c4)s3)nc2n1. The number of aryl methyl sites for hydroxylation is 2. The van der Waals surface area contributed by atoms with Gasteiger partial charge in [-0.15, -0.1) is 16.4 Å². The minimum Gasteiger partial charge on any atom is -0.295 e. The molecular weight excluding hydrogens is 374 g/mol. The van der Waals surface area contributed by atoms with Gasteiger partial charge in [-0.05, 0) is 37.6 Å². The zero-order valence-corrected chi connectivity index (χ0v) is 16.0. The van der Waals surface area contributed by atoms with E-state index in [2.05, 4.69) is 31.4 Å². The van der Waals surface area contributed by atoms with Gasteiger partial charge in [0.2, 0.25) is 5.82 Å². The van der Waals surface area contributed by atoms with E-state index < -0.39 is 5.91 Å². The molecule has 0 aliphatic carbocycles. The molecule has 9 heteroatoms. The smallest absolute Gasteiger partial charge is 0.295 e. The summed E-state index contributed by atoms with van der Waals surface area (Å²) in [7, 11) is 0. The number of amides is 1. The third-order valence-electron chi connectivity index (χ3n) is 4.03. The minimum absolute atomic E-state index is 0.0414. The second kappa shape index (κ2) is 7.17. The molecule has 28 heavy (non-hydrogen) atoms. The summed E-state index contributed by atoms with van der Waals surface area (Å²) in [4.78, 5) is 26.2. The van der Waals surface area contributed by atoms with Crippen LogP contribution in [0.25, 0.3) is 5.78 Å². The van der Waals surface area contributed by atoms with Crippen molar-refractivity contribution in [3.63, 3.8) is 0 Å². The highest BCUT2D eigenvalue weighted by molar-refractivity contribution is 7.15. The van der Waals surface area contributed by atoms with Crippen molar-refractivity contribution in [2.45, 2.75) is 20.3 Å². The van der Waals surface area contributed by atoms with E-state index in [0.717, 1.165) is 21.8 Å². The van der Waals surface area contributed by atoms with Crippen LogP contribution in [0.1, 0.15) is 38.0 Å². The van der Waals surface area contributed by atoms with Crippen LogP contribution in [0.5, 0.6) is 0 Å². The van der Waals surface area contributed by atoms with E-state index >= 15 is 0 Å². The number of anilines is 1. The van der Waals surface area contributed by atoms with Gasteiger partial charge in [-0.2, -0.15) is 10.2 Å². The first kappa shape index (κ1) is 17.8. The first-order valence-corrected chi connectivity index (χ1v) is 9.29. The first-order valence-electron chi connectivity index (χ1n) is 8.48. The van der Waals surface area contributed by atoms with Crippen molar-refractivity contribution in [1.29, 1.82) is 5.26 Å². The van der Waals surface area contributed by atoms with Gasteiger partial charge in [0.25, 0.3) is 11.7 Å². The van der Waals surface area contributed by atoms with Crippen LogP contribution < -0.4 is 5.32 Å². The van der Waals surface area contributed by atoms with Crippen LogP contribution in [-0.4, -0.2) is 30.5 Å². The zero-order chi connectivity index (χ0) is 19.7. The predicted molar refractivity (Wildman–Crippen MR) is 104 cm³/mol. The maximum atomic E-state index is 12.5. The van der Waals surface area contributed by atoms with Crippen LogP contribution in [0.4, 0.5) is 5.13 Å². The molecule has 0 bridgehead atoms. The fourth-order valence-electron chi connectivity index (χ4n) is 2.81. The van der Waals surface area contributed by atoms with Gasteiger partial charge in [-0.25, -0.2) is 14.5 Å². The number of nitrogens with one attached hydrogen (secondary N) is 1. The lowest BCUT2D eigenvalue weighted by atomic mass is 10.1. The van der Waals surface area contributed by atoms with E-state index in [4.69, 9.17) is 5.26 Å². The van der Waals surface area contributed by atoms with E-state index in [-0.39, 0.29) is 5.82 Å². The van der Waals surface area contributed by atoms with Crippen molar-refractivity contribution in [2.75, 3.05) is 5.32 Å². The maximum absolute atomic E-state index is 12.5. The Hall–Kier alpha value is -3.64. The van der Waals surface area contributed by atoms with Gasteiger partial charge in [0, 0.05) is 28.9 Å². The fourth-order valence-corrected chi connectivity index (χ4v) is 3.66. The number of thiazole rings is 1. The molecular formula is C19H15N7OS. The molecule has 0 atom stereocenters. The molecule has 0 aliphatic rings. The molecule has 0 aliphatic heterocycles. The molecule has 0 fully saturated rings. The van der Waals surface area contributed by atoms with Crippen molar-refractivity contribution in [1.82, 2.24) is 24.6 Å². The van der Waals surface area contributed by atoms with Crippen molar-refractivity contribution in [3.8, 4) is 6.07 Å². The quantitative estimate of drug-likeness (QED) is 0.575. The Morgan fingerprint density at radius 3 is 2.96 bits per heavy atom. The number of carbonyl (C=O) groups excluding carboxylic acids is 1. The average molecular weight is 389 g/mol. The summed E-state index contributed by atoms with van der Waals surface area (Å²) in [5.74, 6) is -0.00513. The van der Waals surface area contributed by atoms with E-state index in [1.54, 1.807) is 12.3 Å². The molecule has 3 aromatic heterocycles. The number of fused-ring (bicyclic) bond motifs is 1. The Bertz CT molecular complexity index is 1230. The second-order valence-electron chi connectivity index (χ2n) is 6.26. The van der Waals surface area contributed by atoms with Gasteiger partial charge in [-0.1, -0.05) is 12.1 Å². The van der Waals surface area contributed by atoms with Crippen molar-refractivity contribution in [3.05, 3.63) is 69.7 Å². The second-order valence-corrected chi connectivity index (χ2v) is 7.38. The number of rotatable bonds is 4. The normalized spacial score (nSPS) is 10.8. The van der Waals surface area contributed by atoms with E-state index in [9.17, 15) is 4.79 Å². The summed E-state index contributed by atoms with van der Waals surface area (Å²) < 4.78 is 1.54. The number of aromatic nitrogens is 5. The van der Waals surface area contributed by atoms with Gasteiger partial charge in [0.1, 0.15) is 0 Å². The molecule has 0 saturated carbocycles. The zero-order valence-electron chi connectivity index (χ0n) is 15.2. The maximum Gasteiger partial charge on any atom is 0.297 e. The molecule has 0 saturated heterocycles. The largest absolute Gasteiger partial charge is 0.297 e. The summed E-state index contributed by atoms with van der Waals surface area (Å²) in [6.07, 6.45) is 2.35. The van der Waals surface area contributed by atoms with Crippen molar-refractivity contribution < 1.29 is 4.79 Å². The molecule has 3 heterocycles. The summed E-state index contributed by atoms with van der Waals surface area (Å²) in [6, 6.07) is 11.4. The van der Waals surface area contributed by atoms with Crippen LogP contribution in [0, 0.1) is 25.2 Å². The Morgan fingerprint density at radius 2 is 2.14 bits per heavy atom. The predicted octanol–water partition coefficient (Wildman–Crippen LogP) is 2.91. The van der Waals surface area contributed by atoms with E-state index in [0.29, 0.717) is 22.9 Å². The highest BCUT2D eigenvalue weighted by Crippen LogP contribution is 2.22. The van der Waals surface area contributed by atoms with Crippen molar-refractivity contribution in [2.24, 2.45) is 0 Å². The summed E-state index contributed by atoms with van der Waals surface area (Å²) in [5, 5.41) is 16.4. The van der Waals surface area contributed by atoms with Gasteiger partial charge in [-0.3, -0.25) is 10.1 Å². The number of hydrogen-bond donors (Lipinski definition) is 1. The number of nitrogens with zero attached hydrogens (tertiary/aromatic N) is 6. The van der Waals surface area contributed by atoms with Gasteiger partial charge >= 0.3 is 0 Å². The van der Waals surface area contributed by atoms with Crippen LogP contribution in [0.15, 0.2) is 36.5 Å². The summed E-state index contributed by atoms with van der Waals surface area (Å²) in [6.45, 7) is 3.75. The molecule has 1 aromatic carbocycles. The highest BCUT2D eigenvalue weighted by atomic mass is 32.1. The molecule has 0 radical (unpaired) electrons. The number of nitriles is 1.